The van der Waals surface area contributed by atoms with Gasteiger partial charge in [-0.2, -0.15) is 0 Å². The molecule has 7 nitrogen and oxygen atoms in total. The minimum Gasteiger partial charge on any atom is -0.379 e. The second-order valence-electron chi connectivity index (χ2n) is 7.46. The van der Waals surface area contributed by atoms with Crippen LogP contribution in [0.3, 0.4) is 0 Å². The second kappa shape index (κ2) is 16.2. The molecule has 2 aliphatic rings. The molecule has 0 aromatic carbocycles. The zero-order valence-corrected chi connectivity index (χ0v) is 19.7. The van der Waals surface area contributed by atoms with Crippen molar-refractivity contribution in [1.29, 1.82) is 0 Å². The molecule has 0 radical (unpaired) electrons. The maximum absolute atomic E-state index is 12.0. The highest BCUT2D eigenvalue weighted by atomic mass is 127. The number of hydrogen-bond acceptors (Lipinski definition) is 4. The van der Waals surface area contributed by atoms with E-state index in [0.717, 1.165) is 45.1 Å². The molecule has 1 saturated carbocycles. The van der Waals surface area contributed by atoms with Gasteiger partial charge in [0.25, 0.3) is 0 Å². The van der Waals surface area contributed by atoms with Gasteiger partial charge in [-0.1, -0.05) is 19.3 Å². The van der Waals surface area contributed by atoms with E-state index in [1.54, 1.807) is 0 Å². The quantitative estimate of drug-likeness (QED) is 0.172. The molecule has 1 saturated heterocycles. The van der Waals surface area contributed by atoms with Crippen LogP contribution in [-0.4, -0.2) is 64.0 Å². The molecule has 1 aliphatic carbocycles. The Bertz CT molecular complexity index is 439. The zero-order chi connectivity index (χ0) is 19.2. The summed E-state index contributed by atoms with van der Waals surface area (Å²) in [6.07, 6.45) is 9.14. The fourth-order valence-electron chi connectivity index (χ4n) is 3.60. The number of carbonyl (C=O) groups is 1. The summed E-state index contributed by atoms with van der Waals surface area (Å²) in [6.45, 7) is 7.14. The fraction of sp³-hybridized carbons (Fsp3) is 0.900. The summed E-state index contributed by atoms with van der Waals surface area (Å²) in [6, 6.07) is 0. The lowest BCUT2D eigenvalue weighted by Gasteiger charge is -2.20. The van der Waals surface area contributed by atoms with Gasteiger partial charge in [-0.15, -0.1) is 24.0 Å². The molecule has 0 aromatic rings. The van der Waals surface area contributed by atoms with Crippen molar-refractivity contribution in [3.63, 3.8) is 0 Å². The molecule has 28 heavy (non-hydrogen) atoms. The summed E-state index contributed by atoms with van der Waals surface area (Å²) in [5.41, 5.74) is 0. The van der Waals surface area contributed by atoms with Crippen molar-refractivity contribution in [2.24, 2.45) is 10.9 Å². The molecule has 2 fully saturated rings. The number of carbonyl (C=O) groups excluding carboxylic acids is 1. The lowest BCUT2D eigenvalue weighted by Crippen LogP contribution is -2.41. The number of nitrogens with zero attached hydrogens (tertiary/aromatic N) is 1. The van der Waals surface area contributed by atoms with E-state index in [9.17, 15) is 4.79 Å². The van der Waals surface area contributed by atoms with Gasteiger partial charge in [0.2, 0.25) is 5.91 Å². The van der Waals surface area contributed by atoms with Gasteiger partial charge in [-0.25, -0.2) is 0 Å². The number of hydrogen-bond donors (Lipinski definition) is 3. The third-order valence-corrected chi connectivity index (χ3v) is 5.10. The average molecular weight is 510 g/mol. The normalized spacial score (nSPS) is 20.5. The largest absolute Gasteiger partial charge is 0.379 e. The number of nitrogens with one attached hydrogen (secondary N) is 3. The minimum atomic E-state index is 0. The fourth-order valence-corrected chi connectivity index (χ4v) is 3.60. The molecular formula is C20H39IN4O3. The van der Waals surface area contributed by atoms with Crippen molar-refractivity contribution in [3.8, 4) is 0 Å². The minimum absolute atomic E-state index is 0. The van der Waals surface area contributed by atoms with Gasteiger partial charge in [0, 0.05) is 45.8 Å². The SMILES string of the molecule is CCNC(=NCCCOC1CCOC1)NCCNC(=O)CC1CCCCC1.I. The highest BCUT2D eigenvalue weighted by Gasteiger charge is 2.17. The third kappa shape index (κ3) is 11.4. The molecule has 0 spiro atoms. The Morgan fingerprint density at radius 3 is 2.61 bits per heavy atom. The van der Waals surface area contributed by atoms with Crippen LogP contribution in [0.5, 0.6) is 0 Å². The first-order chi connectivity index (χ1) is 13.3. The van der Waals surface area contributed by atoms with Gasteiger partial charge in [-0.3, -0.25) is 9.79 Å². The summed E-state index contributed by atoms with van der Waals surface area (Å²) in [5.74, 6) is 1.56. The van der Waals surface area contributed by atoms with Crippen LogP contribution in [0.15, 0.2) is 4.99 Å². The molecule has 8 heteroatoms. The van der Waals surface area contributed by atoms with E-state index >= 15 is 0 Å². The van der Waals surface area contributed by atoms with E-state index in [1.807, 2.05) is 6.92 Å². The second-order valence-corrected chi connectivity index (χ2v) is 7.46. The Hall–Kier alpha value is -0.610. The van der Waals surface area contributed by atoms with E-state index in [4.69, 9.17) is 9.47 Å². The molecule has 2 rings (SSSR count). The Kier molecular flexibility index (Phi) is 14.7. The summed E-state index contributed by atoms with van der Waals surface area (Å²) in [5, 5.41) is 9.53. The number of guanidine groups is 1. The molecule has 0 aromatic heterocycles. The van der Waals surface area contributed by atoms with Crippen molar-refractivity contribution in [1.82, 2.24) is 16.0 Å². The zero-order valence-electron chi connectivity index (χ0n) is 17.3. The standard InChI is InChI=1S/C20H38N4O3.HI/c1-2-21-20(23-10-6-13-27-18-9-14-26-16-18)24-12-11-22-19(25)15-17-7-4-3-5-8-17;/h17-18H,2-16H2,1H3,(H,22,25)(H2,21,23,24);1H. The first-order valence-electron chi connectivity index (χ1n) is 10.8. The summed E-state index contributed by atoms with van der Waals surface area (Å²) in [4.78, 5) is 16.6. The van der Waals surface area contributed by atoms with E-state index in [2.05, 4.69) is 20.9 Å². The van der Waals surface area contributed by atoms with Gasteiger partial charge in [-0.05, 0) is 38.5 Å². The number of aliphatic imine (C=N–C) groups is 1. The first kappa shape index (κ1) is 25.4. The first-order valence-corrected chi connectivity index (χ1v) is 10.8. The Balaban J connectivity index is 0.00000392. The van der Waals surface area contributed by atoms with E-state index < -0.39 is 0 Å². The van der Waals surface area contributed by atoms with E-state index in [0.29, 0.717) is 32.0 Å². The van der Waals surface area contributed by atoms with Crippen LogP contribution in [0.1, 0.15) is 58.3 Å². The highest BCUT2D eigenvalue weighted by molar-refractivity contribution is 14.0. The molecule has 0 bridgehead atoms. The highest BCUT2D eigenvalue weighted by Crippen LogP contribution is 2.25. The third-order valence-electron chi connectivity index (χ3n) is 5.10. The number of ether oxygens (including phenoxy) is 2. The average Bonchev–Trinajstić information content (AvgIpc) is 3.19. The molecule has 1 heterocycles. The van der Waals surface area contributed by atoms with Crippen LogP contribution in [-0.2, 0) is 14.3 Å². The molecule has 164 valence electrons. The summed E-state index contributed by atoms with van der Waals surface area (Å²) >= 11 is 0. The van der Waals surface area contributed by atoms with Crippen LogP contribution < -0.4 is 16.0 Å². The summed E-state index contributed by atoms with van der Waals surface area (Å²) < 4.78 is 11.0. The number of halogens is 1. The Morgan fingerprint density at radius 2 is 1.89 bits per heavy atom. The Labute approximate surface area is 187 Å². The van der Waals surface area contributed by atoms with Gasteiger partial charge >= 0.3 is 0 Å². The molecule has 3 N–H and O–H groups in total. The lowest BCUT2D eigenvalue weighted by molar-refractivity contribution is -0.122. The van der Waals surface area contributed by atoms with E-state index in [1.165, 1.54) is 32.1 Å². The smallest absolute Gasteiger partial charge is 0.220 e. The summed E-state index contributed by atoms with van der Waals surface area (Å²) in [7, 11) is 0. The monoisotopic (exact) mass is 510 g/mol. The van der Waals surface area contributed by atoms with Gasteiger partial charge in [0.15, 0.2) is 5.96 Å². The number of amides is 1. The molecule has 1 amide bonds. The maximum atomic E-state index is 12.0. The van der Waals surface area contributed by atoms with Crippen molar-refractivity contribution in [2.45, 2.75) is 64.4 Å². The van der Waals surface area contributed by atoms with Crippen LogP contribution in [0.2, 0.25) is 0 Å². The maximum Gasteiger partial charge on any atom is 0.220 e. The van der Waals surface area contributed by atoms with Gasteiger partial charge in [0.1, 0.15) is 0 Å². The van der Waals surface area contributed by atoms with Crippen LogP contribution >= 0.6 is 24.0 Å². The van der Waals surface area contributed by atoms with Crippen LogP contribution in [0, 0.1) is 5.92 Å². The van der Waals surface area contributed by atoms with Crippen molar-refractivity contribution < 1.29 is 14.3 Å². The van der Waals surface area contributed by atoms with Crippen molar-refractivity contribution in [3.05, 3.63) is 0 Å². The molecule has 1 unspecified atom stereocenters. The molecular weight excluding hydrogens is 471 g/mol. The molecule has 1 atom stereocenters. The van der Waals surface area contributed by atoms with Crippen molar-refractivity contribution >= 4 is 35.8 Å². The van der Waals surface area contributed by atoms with E-state index in [-0.39, 0.29) is 36.0 Å². The Morgan fingerprint density at radius 1 is 1.11 bits per heavy atom. The predicted octanol–water partition coefficient (Wildman–Crippen LogP) is 2.44. The van der Waals surface area contributed by atoms with Crippen molar-refractivity contribution in [2.75, 3.05) is 46.0 Å². The molecule has 1 aliphatic heterocycles. The van der Waals surface area contributed by atoms with Crippen LogP contribution in [0.4, 0.5) is 0 Å². The van der Waals surface area contributed by atoms with Crippen LogP contribution in [0.25, 0.3) is 0 Å². The van der Waals surface area contributed by atoms with Gasteiger partial charge in [0.05, 0.1) is 12.7 Å². The number of rotatable bonds is 11. The lowest BCUT2D eigenvalue weighted by atomic mass is 9.87. The predicted molar refractivity (Wildman–Crippen MR) is 123 cm³/mol. The van der Waals surface area contributed by atoms with Gasteiger partial charge < -0.3 is 25.4 Å². The topological polar surface area (TPSA) is 84.0 Å².